The Morgan fingerprint density at radius 1 is 1.47 bits per heavy atom. The van der Waals surface area contributed by atoms with Crippen LogP contribution in [0.1, 0.15) is 12.0 Å². The van der Waals surface area contributed by atoms with Gasteiger partial charge in [-0.15, -0.1) is 12.3 Å². The summed E-state index contributed by atoms with van der Waals surface area (Å²) in [7, 11) is 0. The molecule has 0 radical (unpaired) electrons. The lowest BCUT2D eigenvalue weighted by Gasteiger charge is -2.08. The van der Waals surface area contributed by atoms with Crippen LogP contribution >= 0.6 is 11.6 Å². The second-order valence-corrected chi connectivity index (χ2v) is 3.71. The van der Waals surface area contributed by atoms with Crippen molar-refractivity contribution in [2.45, 2.75) is 12.8 Å². The largest absolute Gasteiger partial charge is 0.481 e. The lowest BCUT2D eigenvalue weighted by Crippen LogP contribution is -2.15. The lowest BCUT2D eigenvalue weighted by molar-refractivity contribution is -0.141. The number of hydrogen-bond acceptors (Lipinski definition) is 1. The van der Waals surface area contributed by atoms with E-state index in [1.165, 1.54) is 0 Å². The van der Waals surface area contributed by atoms with E-state index in [4.69, 9.17) is 23.1 Å². The van der Waals surface area contributed by atoms with Gasteiger partial charge >= 0.3 is 5.97 Å². The third kappa shape index (κ3) is 3.65. The van der Waals surface area contributed by atoms with Gasteiger partial charge < -0.3 is 5.11 Å². The van der Waals surface area contributed by atoms with Crippen LogP contribution < -0.4 is 0 Å². The number of hydrogen-bond donors (Lipinski definition) is 1. The number of carboxylic acids is 1. The van der Waals surface area contributed by atoms with Gasteiger partial charge in [-0.25, -0.2) is 0 Å². The molecule has 1 N–H and O–H groups in total. The van der Waals surface area contributed by atoms with Gasteiger partial charge in [-0.1, -0.05) is 23.7 Å². The molecule has 3 heteroatoms. The average Bonchev–Trinajstić information content (AvgIpc) is 2.20. The van der Waals surface area contributed by atoms with Gasteiger partial charge in [0.1, 0.15) is 0 Å². The maximum atomic E-state index is 10.8. The first kappa shape index (κ1) is 11.6. The number of terminal acetylenes is 1. The van der Waals surface area contributed by atoms with Crippen molar-refractivity contribution in [1.29, 1.82) is 0 Å². The van der Waals surface area contributed by atoms with E-state index in [9.17, 15) is 4.79 Å². The summed E-state index contributed by atoms with van der Waals surface area (Å²) in [5.74, 6) is 0.998. The standard InChI is InChI=1S/C12H11ClO2/c1-2-3-10(12(14)15)8-9-4-6-11(13)7-5-9/h1,4-7,10H,3,8H2,(H,14,15). The molecule has 1 unspecified atom stereocenters. The molecule has 0 saturated carbocycles. The Morgan fingerprint density at radius 3 is 2.53 bits per heavy atom. The van der Waals surface area contributed by atoms with Crippen LogP contribution in [0, 0.1) is 18.3 Å². The Kier molecular flexibility index (Phi) is 4.20. The van der Waals surface area contributed by atoms with Crippen LogP contribution in [0.4, 0.5) is 0 Å². The molecule has 1 aromatic rings. The fourth-order valence-corrected chi connectivity index (χ4v) is 1.42. The fourth-order valence-electron chi connectivity index (χ4n) is 1.29. The second kappa shape index (κ2) is 5.43. The van der Waals surface area contributed by atoms with Crippen molar-refractivity contribution in [2.24, 2.45) is 5.92 Å². The summed E-state index contributed by atoms with van der Waals surface area (Å²) < 4.78 is 0. The molecule has 0 spiro atoms. The molecule has 15 heavy (non-hydrogen) atoms. The number of rotatable bonds is 4. The molecule has 0 aromatic heterocycles. The van der Waals surface area contributed by atoms with Crippen LogP contribution in [-0.2, 0) is 11.2 Å². The summed E-state index contributed by atoms with van der Waals surface area (Å²) in [6.07, 6.45) is 5.80. The zero-order valence-electron chi connectivity index (χ0n) is 8.11. The minimum Gasteiger partial charge on any atom is -0.481 e. The summed E-state index contributed by atoms with van der Waals surface area (Å²) in [6, 6.07) is 7.11. The molecule has 1 atom stereocenters. The Hall–Kier alpha value is -1.46. The third-order valence-corrected chi connectivity index (χ3v) is 2.36. The first-order valence-electron chi connectivity index (χ1n) is 4.54. The number of halogens is 1. The fraction of sp³-hybridized carbons (Fsp3) is 0.250. The van der Waals surface area contributed by atoms with E-state index in [1.54, 1.807) is 12.1 Å². The van der Waals surface area contributed by atoms with Crippen molar-refractivity contribution < 1.29 is 9.90 Å². The van der Waals surface area contributed by atoms with E-state index in [0.29, 0.717) is 11.4 Å². The molecule has 1 rings (SSSR count). The Labute approximate surface area is 93.9 Å². The van der Waals surface area contributed by atoms with Gasteiger partial charge in [0.15, 0.2) is 0 Å². The van der Waals surface area contributed by atoms with Gasteiger partial charge in [0, 0.05) is 11.4 Å². The summed E-state index contributed by atoms with van der Waals surface area (Å²) >= 11 is 5.72. The van der Waals surface area contributed by atoms with Gasteiger partial charge in [-0.05, 0) is 24.1 Å². The molecule has 0 aliphatic carbocycles. The zero-order valence-corrected chi connectivity index (χ0v) is 8.87. The highest BCUT2D eigenvalue weighted by molar-refractivity contribution is 6.30. The summed E-state index contributed by atoms with van der Waals surface area (Å²) in [4.78, 5) is 10.8. The van der Waals surface area contributed by atoms with Crippen LogP contribution in [0.25, 0.3) is 0 Å². The smallest absolute Gasteiger partial charge is 0.307 e. The highest BCUT2D eigenvalue weighted by atomic mass is 35.5. The molecule has 78 valence electrons. The van der Waals surface area contributed by atoms with Crippen LogP contribution in [0.5, 0.6) is 0 Å². The average molecular weight is 223 g/mol. The normalized spacial score (nSPS) is 11.7. The van der Waals surface area contributed by atoms with Gasteiger partial charge in [0.05, 0.1) is 5.92 Å². The maximum absolute atomic E-state index is 10.8. The van der Waals surface area contributed by atoms with Gasteiger partial charge in [-0.3, -0.25) is 4.79 Å². The highest BCUT2D eigenvalue weighted by Gasteiger charge is 2.16. The number of aliphatic carboxylic acids is 1. The van der Waals surface area contributed by atoms with Crippen LogP contribution in [0.3, 0.4) is 0 Å². The lowest BCUT2D eigenvalue weighted by atomic mass is 9.97. The first-order chi connectivity index (χ1) is 7.13. The van der Waals surface area contributed by atoms with E-state index in [-0.39, 0.29) is 6.42 Å². The molecule has 0 heterocycles. The number of carbonyl (C=O) groups is 1. The molecule has 0 bridgehead atoms. The van der Waals surface area contributed by atoms with E-state index in [2.05, 4.69) is 5.92 Å². The Morgan fingerprint density at radius 2 is 2.07 bits per heavy atom. The van der Waals surface area contributed by atoms with Crippen molar-refractivity contribution >= 4 is 17.6 Å². The zero-order chi connectivity index (χ0) is 11.3. The number of carboxylic acid groups (broad SMARTS) is 1. The third-order valence-electron chi connectivity index (χ3n) is 2.11. The van der Waals surface area contributed by atoms with Gasteiger partial charge in [0.25, 0.3) is 0 Å². The van der Waals surface area contributed by atoms with E-state index >= 15 is 0 Å². The second-order valence-electron chi connectivity index (χ2n) is 3.27. The van der Waals surface area contributed by atoms with Crippen LogP contribution in [0.2, 0.25) is 5.02 Å². The van der Waals surface area contributed by atoms with Crippen molar-refractivity contribution in [1.82, 2.24) is 0 Å². The molecular weight excluding hydrogens is 212 g/mol. The van der Waals surface area contributed by atoms with E-state index < -0.39 is 11.9 Å². The molecule has 2 nitrogen and oxygen atoms in total. The summed E-state index contributed by atoms with van der Waals surface area (Å²) in [5.41, 5.74) is 0.932. The van der Waals surface area contributed by atoms with Crippen LogP contribution in [0.15, 0.2) is 24.3 Å². The summed E-state index contributed by atoms with van der Waals surface area (Å²) in [6.45, 7) is 0. The molecule has 1 aromatic carbocycles. The predicted octanol–water partition coefficient (Wildman–Crippen LogP) is 2.61. The Bertz CT molecular complexity index is 376. The van der Waals surface area contributed by atoms with Gasteiger partial charge in [0.2, 0.25) is 0 Å². The molecule has 0 aliphatic heterocycles. The van der Waals surface area contributed by atoms with Crippen molar-refractivity contribution in [2.75, 3.05) is 0 Å². The SMILES string of the molecule is C#CCC(Cc1ccc(Cl)cc1)C(=O)O. The predicted molar refractivity (Wildman–Crippen MR) is 59.7 cm³/mol. The van der Waals surface area contributed by atoms with Crippen LogP contribution in [-0.4, -0.2) is 11.1 Å². The summed E-state index contributed by atoms with van der Waals surface area (Å²) in [5, 5.41) is 9.54. The maximum Gasteiger partial charge on any atom is 0.307 e. The minimum absolute atomic E-state index is 0.248. The Balaban J connectivity index is 2.70. The van der Waals surface area contributed by atoms with E-state index in [0.717, 1.165) is 5.56 Å². The van der Waals surface area contributed by atoms with E-state index in [1.807, 2.05) is 12.1 Å². The van der Waals surface area contributed by atoms with Crippen molar-refractivity contribution in [3.63, 3.8) is 0 Å². The molecule has 0 fully saturated rings. The minimum atomic E-state index is -0.858. The monoisotopic (exact) mass is 222 g/mol. The van der Waals surface area contributed by atoms with Crippen molar-refractivity contribution in [3.05, 3.63) is 34.9 Å². The van der Waals surface area contributed by atoms with Gasteiger partial charge in [-0.2, -0.15) is 0 Å². The van der Waals surface area contributed by atoms with Crippen molar-refractivity contribution in [3.8, 4) is 12.3 Å². The highest BCUT2D eigenvalue weighted by Crippen LogP contribution is 2.15. The molecule has 0 amide bonds. The first-order valence-corrected chi connectivity index (χ1v) is 4.92. The molecule has 0 aliphatic rings. The quantitative estimate of drug-likeness (QED) is 0.796. The molecule has 0 saturated heterocycles. The number of benzene rings is 1. The topological polar surface area (TPSA) is 37.3 Å². The molecular formula is C12H11ClO2.